The van der Waals surface area contributed by atoms with E-state index in [2.05, 4.69) is 44.8 Å². The van der Waals surface area contributed by atoms with Crippen molar-refractivity contribution in [3.63, 3.8) is 0 Å². The quantitative estimate of drug-likeness (QED) is 0.746. The van der Waals surface area contributed by atoms with Gasteiger partial charge in [-0.25, -0.2) is 4.98 Å². The molecule has 7 heteroatoms. The minimum atomic E-state index is 0.591. The maximum absolute atomic E-state index is 4.31. The van der Waals surface area contributed by atoms with Crippen molar-refractivity contribution in [1.82, 2.24) is 35.5 Å². The Morgan fingerprint density at radius 3 is 3.06 bits per heavy atom. The van der Waals surface area contributed by atoms with Crippen molar-refractivity contribution in [2.75, 3.05) is 6.54 Å². The summed E-state index contributed by atoms with van der Waals surface area (Å²) in [6, 6.07) is 0. The third-order valence-corrected chi connectivity index (χ3v) is 2.26. The molecular formula is C10H17N7. The topological polar surface area (TPSA) is 84.3 Å². The van der Waals surface area contributed by atoms with Crippen molar-refractivity contribution >= 4 is 0 Å². The van der Waals surface area contributed by atoms with Gasteiger partial charge in [-0.05, 0) is 12.5 Å². The van der Waals surface area contributed by atoms with Gasteiger partial charge in [-0.1, -0.05) is 19.1 Å². The predicted molar refractivity (Wildman–Crippen MR) is 62.1 cm³/mol. The molecule has 0 saturated heterocycles. The minimum absolute atomic E-state index is 0.591. The standard InChI is InChI=1S/C10H17N7/c1-8(2)3-11-4-9-5-17(7-12-9)6-10-13-15-16-14-10/h5,7-8,11H,3-4,6H2,1-2H3,(H,13,14,15,16). The van der Waals surface area contributed by atoms with Crippen LogP contribution >= 0.6 is 0 Å². The Labute approximate surface area is 99.6 Å². The lowest BCUT2D eigenvalue weighted by atomic mass is 10.2. The zero-order chi connectivity index (χ0) is 12.1. The van der Waals surface area contributed by atoms with Crippen LogP contribution in [-0.2, 0) is 13.1 Å². The van der Waals surface area contributed by atoms with E-state index in [9.17, 15) is 0 Å². The molecule has 2 N–H and O–H groups in total. The third kappa shape index (κ3) is 3.63. The number of nitrogens with one attached hydrogen (secondary N) is 2. The van der Waals surface area contributed by atoms with Crippen LogP contribution < -0.4 is 5.32 Å². The summed E-state index contributed by atoms with van der Waals surface area (Å²) >= 11 is 0. The Morgan fingerprint density at radius 1 is 1.47 bits per heavy atom. The van der Waals surface area contributed by atoms with Crippen molar-refractivity contribution in [2.24, 2.45) is 5.92 Å². The Bertz CT molecular complexity index is 431. The van der Waals surface area contributed by atoms with Crippen molar-refractivity contribution < 1.29 is 0 Å². The number of aromatic nitrogens is 6. The first-order valence-corrected chi connectivity index (χ1v) is 5.67. The van der Waals surface area contributed by atoms with Crippen molar-refractivity contribution in [3.8, 4) is 0 Å². The van der Waals surface area contributed by atoms with E-state index < -0.39 is 0 Å². The zero-order valence-corrected chi connectivity index (χ0v) is 10.1. The number of hydrogen-bond acceptors (Lipinski definition) is 5. The van der Waals surface area contributed by atoms with Crippen molar-refractivity contribution in [2.45, 2.75) is 26.9 Å². The summed E-state index contributed by atoms with van der Waals surface area (Å²) in [6.07, 6.45) is 3.77. The van der Waals surface area contributed by atoms with Gasteiger partial charge in [0.1, 0.15) is 0 Å². The summed E-state index contributed by atoms with van der Waals surface area (Å²) in [6.45, 7) is 6.74. The van der Waals surface area contributed by atoms with Gasteiger partial charge in [0, 0.05) is 12.7 Å². The zero-order valence-electron chi connectivity index (χ0n) is 10.1. The molecule has 0 spiro atoms. The fraction of sp³-hybridized carbons (Fsp3) is 0.600. The van der Waals surface area contributed by atoms with Gasteiger partial charge < -0.3 is 9.88 Å². The van der Waals surface area contributed by atoms with E-state index in [1.807, 2.05) is 10.8 Å². The van der Waals surface area contributed by atoms with E-state index in [1.165, 1.54) is 0 Å². The van der Waals surface area contributed by atoms with Crippen LogP contribution in [0.1, 0.15) is 25.4 Å². The first kappa shape index (κ1) is 11.7. The van der Waals surface area contributed by atoms with Crippen LogP contribution in [0.3, 0.4) is 0 Å². The maximum atomic E-state index is 4.31. The van der Waals surface area contributed by atoms with Gasteiger partial charge in [0.05, 0.1) is 18.6 Å². The first-order chi connectivity index (χ1) is 8.24. The largest absolute Gasteiger partial charge is 0.329 e. The molecule has 0 saturated carbocycles. The van der Waals surface area contributed by atoms with Crippen LogP contribution in [0.2, 0.25) is 0 Å². The lowest BCUT2D eigenvalue weighted by Crippen LogP contribution is -2.19. The Balaban J connectivity index is 1.83. The molecule has 0 aliphatic rings. The summed E-state index contributed by atoms with van der Waals surface area (Å²) in [7, 11) is 0. The molecule has 0 fully saturated rings. The molecule has 0 radical (unpaired) electrons. The van der Waals surface area contributed by atoms with Gasteiger partial charge in [0.25, 0.3) is 0 Å². The second kappa shape index (κ2) is 5.53. The molecule has 2 rings (SSSR count). The molecular weight excluding hydrogens is 218 g/mol. The fourth-order valence-corrected chi connectivity index (χ4v) is 1.49. The summed E-state index contributed by atoms with van der Waals surface area (Å²) < 4.78 is 1.94. The van der Waals surface area contributed by atoms with Crippen LogP contribution in [0.5, 0.6) is 0 Å². The molecule has 0 aliphatic carbocycles. The average molecular weight is 235 g/mol. The highest BCUT2D eigenvalue weighted by molar-refractivity contribution is 4.97. The van der Waals surface area contributed by atoms with E-state index in [-0.39, 0.29) is 0 Å². The highest BCUT2D eigenvalue weighted by atomic mass is 15.5. The van der Waals surface area contributed by atoms with E-state index in [0.717, 1.165) is 18.8 Å². The molecule has 0 amide bonds. The normalized spacial score (nSPS) is 11.2. The predicted octanol–water partition coefficient (Wildman–Crippen LogP) is 0.190. The van der Waals surface area contributed by atoms with E-state index in [1.54, 1.807) is 6.33 Å². The monoisotopic (exact) mass is 235 g/mol. The number of hydrogen-bond donors (Lipinski definition) is 2. The molecule has 2 aromatic rings. The maximum Gasteiger partial charge on any atom is 0.194 e. The molecule has 0 bridgehead atoms. The SMILES string of the molecule is CC(C)CNCc1cn(Cc2nn[nH]n2)cn1. The Morgan fingerprint density at radius 2 is 2.35 bits per heavy atom. The number of aromatic amines is 1. The second-order valence-corrected chi connectivity index (χ2v) is 4.39. The fourth-order valence-electron chi connectivity index (χ4n) is 1.49. The van der Waals surface area contributed by atoms with Gasteiger partial charge in [0.2, 0.25) is 0 Å². The lowest BCUT2D eigenvalue weighted by Gasteiger charge is -2.04. The lowest BCUT2D eigenvalue weighted by molar-refractivity contribution is 0.548. The number of tetrazole rings is 1. The average Bonchev–Trinajstić information content (AvgIpc) is 2.90. The van der Waals surface area contributed by atoms with E-state index in [0.29, 0.717) is 18.3 Å². The summed E-state index contributed by atoms with van der Waals surface area (Å²) in [5, 5.41) is 17.1. The number of imidazole rings is 1. The number of nitrogens with zero attached hydrogens (tertiary/aromatic N) is 5. The molecule has 0 aliphatic heterocycles. The number of rotatable bonds is 6. The molecule has 2 aromatic heterocycles. The smallest absolute Gasteiger partial charge is 0.194 e. The second-order valence-electron chi connectivity index (χ2n) is 4.39. The van der Waals surface area contributed by atoms with Gasteiger partial charge in [-0.2, -0.15) is 5.21 Å². The van der Waals surface area contributed by atoms with Gasteiger partial charge in [-0.15, -0.1) is 10.2 Å². The van der Waals surface area contributed by atoms with Gasteiger partial charge in [0.15, 0.2) is 5.82 Å². The summed E-state index contributed by atoms with van der Waals surface area (Å²) in [5.41, 5.74) is 1.02. The van der Waals surface area contributed by atoms with Crippen molar-refractivity contribution in [1.29, 1.82) is 0 Å². The molecule has 7 nitrogen and oxygen atoms in total. The minimum Gasteiger partial charge on any atom is -0.329 e. The van der Waals surface area contributed by atoms with E-state index in [4.69, 9.17) is 0 Å². The molecule has 2 heterocycles. The van der Waals surface area contributed by atoms with Gasteiger partial charge in [-0.3, -0.25) is 0 Å². The molecule has 17 heavy (non-hydrogen) atoms. The third-order valence-electron chi connectivity index (χ3n) is 2.26. The van der Waals surface area contributed by atoms with Crippen molar-refractivity contribution in [3.05, 3.63) is 24.0 Å². The van der Waals surface area contributed by atoms with Crippen LogP contribution in [0.25, 0.3) is 0 Å². The van der Waals surface area contributed by atoms with E-state index >= 15 is 0 Å². The highest BCUT2D eigenvalue weighted by Crippen LogP contribution is 1.99. The highest BCUT2D eigenvalue weighted by Gasteiger charge is 2.02. The summed E-state index contributed by atoms with van der Waals surface area (Å²) in [4.78, 5) is 4.31. The summed E-state index contributed by atoms with van der Waals surface area (Å²) in [5.74, 6) is 1.31. The van der Waals surface area contributed by atoms with Crippen LogP contribution in [-0.4, -0.2) is 36.7 Å². The van der Waals surface area contributed by atoms with Gasteiger partial charge >= 0.3 is 0 Å². The number of H-pyrrole nitrogens is 1. The molecule has 0 unspecified atom stereocenters. The van der Waals surface area contributed by atoms with Crippen LogP contribution in [0, 0.1) is 5.92 Å². The molecule has 0 aromatic carbocycles. The van der Waals surface area contributed by atoms with Crippen LogP contribution in [0.4, 0.5) is 0 Å². The Kier molecular flexibility index (Phi) is 3.81. The molecule has 0 atom stereocenters. The van der Waals surface area contributed by atoms with Crippen LogP contribution in [0.15, 0.2) is 12.5 Å². The Hall–Kier alpha value is -1.76. The first-order valence-electron chi connectivity index (χ1n) is 5.67. The molecule has 92 valence electrons.